The van der Waals surface area contributed by atoms with E-state index in [1.165, 1.54) is 23.7 Å². The Morgan fingerprint density at radius 2 is 2.28 bits per heavy atom. The summed E-state index contributed by atoms with van der Waals surface area (Å²) in [7, 11) is 0. The maximum Gasteiger partial charge on any atom is 0.292 e. The molecule has 1 aromatic rings. The molecule has 1 saturated carbocycles. The molecule has 0 spiro atoms. The molecule has 0 radical (unpaired) electrons. The van der Waals surface area contributed by atoms with Crippen molar-refractivity contribution >= 4 is 17.3 Å². The fourth-order valence-corrected chi connectivity index (χ4v) is 2.53. The van der Waals surface area contributed by atoms with Crippen LogP contribution in [0, 0.1) is 12.3 Å². The minimum absolute atomic E-state index is 0.0574. The van der Waals surface area contributed by atoms with Crippen LogP contribution in [-0.4, -0.2) is 15.3 Å². The molecule has 0 aliphatic heterocycles. The van der Waals surface area contributed by atoms with Gasteiger partial charge in [-0.05, 0) is 19.8 Å². The van der Waals surface area contributed by atoms with Crippen LogP contribution in [0.4, 0.5) is 5.69 Å². The fraction of sp³-hybridized carbons (Fsp3) is 0.538. The van der Waals surface area contributed by atoms with Gasteiger partial charge < -0.3 is 5.32 Å². The van der Waals surface area contributed by atoms with Gasteiger partial charge in [-0.25, -0.2) is 4.68 Å². The first-order valence-electron chi connectivity index (χ1n) is 6.03. The lowest BCUT2D eigenvalue weighted by atomic mass is 10.0. The molecular formula is C13H16ClN3O. The van der Waals surface area contributed by atoms with Gasteiger partial charge in [0, 0.05) is 5.54 Å². The maximum atomic E-state index is 12.2. The maximum absolute atomic E-state index is 12.2. The largest absolute Gasteiger partial charge is 0.374 e. The second-order valence-electron chi connectivity index (χ2n) is 4.93. The molecule has 4 nitrogen and oxygen atoms in total. The average molecular weight is 266 g/mol. The average Bonchev–Trinajstić information content (AvgIpc) is 2.76. The molecule has 0 atom stereocenters. The van der Waals surface area contributed by atoms with Gasteiger partial charge >= 0.3 is 0 Å². The SMILES string of the molecule is C#CCn1ncc(Cl)c(NC2(C)CCCC2)c1=O. The standard InChI is InChI=1S/C13H16ClN3O/c1-3-8-17-12(18)11(10(14)9-15-17)16-13(2)6-4-5-7-13/h1,9,16H,4-8H2,2H3. The Bertz CT molecular complexity index is 538. The monoisotopic (exact) mass is 265 g/mol. The van der Waals surface area contributed by atoms with Gasteiger partial charge in [0.05, 0.1) is 11.2 Å². The lowest BCUT2D eigenvalue weighted by Gasteiger charge is -2.26. The van der Waals surface area contributed by atoms with Gasteiger partial charge in [-0.1, -0.05) is 30.4 Å². The summed E-state index contributed by atoms with van der Waals surface area (Å²) in [6.45, 7) is 2.27. The second-order valence-corrected chi connectivity index (χ2v) is 5.33. The van der Waals surface area contributed by atoms with E-state index in [1.54, 1.807) is 0 Å². The number of anilines is 1. The normalized spacial score (nSPS) is 17.4. The summed E-state index contributed by atoms with van der Waals surface area (Å²) in [6.07, 6.45) is 11.1. The van der Waals surface area contributed by atoms with Crippen molar-refractivity contribution in [2.75, 3.05) is 5.32 Å². The lowest BCUT2D eigenvalue weighted by Crippen LogP contribution is -2.36. The molecule has 0 unspecified atom stereocenters. The molecule has 1 heterocycles. The van der Waals surface area contributed by atoms with Crippen molar-refractivity contribution in [1.82, 2.24) is 9.78 Å². The number of halogens is 1. The predicted molar refractivity (Wildman–Crippen MR) is 72.8 cm³/mol. The summed E-state index contributed by atoms with van der Waals surface area (Å²) in [5.74, 6) is 2.40. The number of nitrogens with one attached hydrogen (secondary N) is 1. The predicted octanol–water partition coefficient (Wildman–Crippen LogP) is 2.27. The Kier molecular flexibility index (Phi) is 3.63. The Labute approximate surface area is 111 Å². The summed E-state index contributed by atoms with van der Waals surface area (Å²) in [5, 5.41) is 7.54. The molecule has 0 saturated heterocycles. The first kappa shape index (κ1) is 13.0. The number of terminal acetylenes is 1. The van der Waals surface area contributed by atoms with Gasteiger partial charge in [-0.2, -0.15) is 5.10 Å². The molecule has 1 fully saturated rings. The smallest absolute Gasteiger partial charge is 0.292 e. The van der Waals surface area contributed by atoms with Crippen LogP contribution in [0.15, 0.2) is 11.0 Å². The third-order valence-electron chi connectivity index (χ3n) is 3.37. The first-order chi connectivity index (χ1) is 8.56. The van der Waals surface area contributed by atoms with Crippen LogP contribution < -0.4 is 10.9 Å². The summed E-state index contributed by atoms with van der Waals surface area (Å²) >= 11 is 6.05. The van der Waals surface area contributed by atoms with Crippen LogP contribution >= 0.6 is 11.6 Å². The molecule has 2 rings (SSSR count). The zero-order valence-electron chi connectivity index (χ0n) is 10.4. The van der Waals surface area contributed by atoms with Gasteiger partial charge in [-0.15, -0.1) is 6.42 Å². The Balaban J connectivity index is 2.35. The van der Waals surface area contributed by atoms with E-state index < -0.39 is 0 Å². The van der Waals surface area contributed by atoms with Gasteiger partial charge in [-0.3, -0.25) is 4.79 Å². The quantitative estimate of drug-likeness (QED) is 0.853. The van der Waals surface area contributed by atoms with E-state index in [1.807, 2.05) is 0 Å². The fourth-order valence-electron chi connectivity index (χ4n) is 2.36. The third-order valence-corrected chi connectivity index (χ3v) is 3.66. The van der Waals surface area contributed by atoms with E-state index in [0.717, 1.165) is 12.8 Å². The molecule has 96 valence electrons. The topological polar surface area (TPSA) is 46.9 Å². The van der Waals surface area contributed by atoms with Crippen LogP contribution in [0.1, 0.15) is 32.6 Å². The molecule has 0 aromatic carbocycles. The minimum atomic E-state index is -0.256. The van der Waals surface area contributed by atoms with Gasteiger partial charge in [0.25, 0.3) is 5.56 Å². The highest BCUT2D eigenvalue weighted by atomic mass is 35.5. The van der Waals surface area contributed by atoms with Crippen molar-refractivity contribution in [2.24, 2.45) is 0 Å². The number of rotatable bonds is 3. The van der Waals surface area contributed by atoms with Crippen molar-refractivity contribution in [3.8, 4) is 12.3 Å². The molecule has 1 aliphatic carbocycles. The van der Waals surface area contributed by atoms with Crippen LogP contribution in [0.5, 0.6) is 0 Å². The van der Waals surface area contributed by atoms with Gasteiger partial charge in [0.15, 0.2) is 0 Å². The van der Waals surface area contributed by atoms with Crippen LogP contribution in [0.3, 0.4) is 0 Å². The Morgan fingerprint density at radius 1 is 1.61 bits per heavy atom. The third kappa shape index (κ3) is 2.51. The summed E-state index contributed by atoms with van der Waals surface area (Å²) in [6, 6.07) is 0. The highest BCUT2D eigenvalue weighted by Crippen LogP contribution is 2.33. The molecule has 5 heteroatoms. The van der Waals surface area contributed by atoms with Crippen molar-refractivity contribution < 1.29 is 0 Å². The highest BCUT2D eigenvalue weighted by molar-refractivity contribution is 6.33. The van der Waals surface area contributed by atoms with Crippen LogP contribution in [0.2, 0.25) is 5.02 Å². The van der Waals surface area contributed by atoms with Gasteiger partial charge in [0.1, 0.15) is 12.2 Å². The zero-order valence-corrected chi connectivity index (χ0v) is 11.1. The van der Waals surface area contributed by atoms with Crippen molar-refractivity contribution in [1.29, 1.82) is 0 Å². The molecule has 18 heavy (non-hydrogen) atoms. The number of hydrogen-bond acceptors (Lipinski definition) is 3. The van der Waals surface area contributed by atoms with Crippen molar-refractivity contribution in [2.45, 2.75) is 44.7 Å². The zero-order chi connectivity index (χ0) is 13.2. The summed E-state index contributed by atoms with van der Waals surface area (Å²) in [5.41, 5.74) is 0.0953. The van der Waals surface area contributed by atoms with E-state index in [2.05, 4.69) is 23.3 Å². The molecule has 1 N–H and O–H groups in total. The Hall–Kier alpha value is -1.47. The number of aromatic nitrogens is 2. The van der Waals surface area contributed by atoms with E-state index in [4.69, 9.17) is 18.0 Å². The lowest BCUT2D eigenvalue weighted by molar-refractivity contribution is 0.529. The first-order valence-corrected chi connectivity index (χ1v) is 6.41. The van der Waals surface area contributed by atoms with Crippen LogP contribution in [0.25, 0.3) is 0 Å². The van der Waals surface area contributed by atoms with Crippen molar-refractivity contribution in [3.63, 3.8) is 0 Å². The molecule has 1 aromatic heterocycles. The van der Waals surface area contributed by atoms with Crippen LogP contribution in [-0.2, 0) is 6.54 Å². The highest BCUT2D eigenvalue weighted by Gasteiger charge is 2.30. The minimum Gasteiger partial charge on any atom is -0.374 e. The van der Waals surface area contributed by atoms with E-state index in [9.17, 15) is 4.79 Å². The second kappa shape index (κ2) is 5.03. The van der Waals surface area contributed by atoms with E-state index in [-0.39, 0.29) is 17.6 Å². The molecule has 0 amide bonds. The van der Waals surface area contributed by atoms with Gasteiger partial charge in [0.2, 0.25) is 0 Å². The summed E-state index contributed by atoms with van der Waals surface area (Å²) in [4.78, 5) is 12.2. The molecular weight excluding hydrogens is 250 g/mol. The molecule has 0 bridgehead atoms. The number of nitrogens with zero attached hydrogens (tertiary/aromatic N) is 2. The summed E-state index contributed by atoms with van der Waals surface area (Å²) < 4.78 is 1.24. The molecule has 1 aliphatic rings. The Morgan fingerprint density at radius 3 is 2.89 bits per heavy atom. The van der Waals surface area contributed by atoms with E-state index >= 15 is 0 Å². The number of hydrogen-bond donors (Lipinski definition) is 1. The van der Waals surface area contributed by atoms with Crippen molar-refractivity contribution in [3.05, 3.63) is 21.6 Å². The van der Waals surface area contributed by atoms with E-state index in [0.29, 0.717) is 10.7 Å².